The quantitative estimate of drug-likeness (QED) is 0.156. The Morgan fingerprint density at radius 2 is 0.697 bits per heavy atom. The van der Waals surface area contributed by atoms with E-state index >= 15 is 0 Å². The first-order valence-electron chi connectivity index (χ1n) is 22.7. The molecule has 14 aromatic rings. The van der Waals surface area contributed by atoms with Gasteiger partial charge in [-0.25, -0.2) is 0 Å². The summed E-state index contributed by atoms with van der Waals surface area (Å²) in [6.45, 7) is 4.32. The van der Waals surface area contributed by atoms with Gasteiger partial charge in [-0.2, -0.15) is 0 Å². The molecule has 0 radical (unpaired) electrons. The molecule has 2 aromatic heterocycles. The maximum absolute atomic E-state index is 6.92. The van der Waals surface area contributed by atoms with Crippen LogP contribution < -0.4 is 9.80 Å². The average molecular weight is 845 g/mol. The number of para-hydroxylation sites is 2. The van der Waals surface area contributed by atoms with Crippen molar-refractivity contribution >= 4 is 132 Å². The molecular weight excluding hydrogens is 805 g/mol. The van der Waals surface area contributed by atoms with Gasteiger partial charge in [0.25, 0.3) is 0 Å². The summed E-state index contributed by atoms with van der Waals surface area (Å²) in [4.78, 5) is 4.80. The molecule has 2 heterocycles. The average Bonchev–Trinajstić information content (AvgIpc) is 3.94. The third-order valence-electron chi connectivity index (χ3n) is 13.8. The number of hydrogen-bond acceptors (Lipinski definition) is 4. The lowest BCUT2D eigenvalue weighted by Crippen LogP contribution is -2.12. The van der Waals surface area contributed by atoms with E-state index in [-0.39, 0.29) is 0 Å². The van der Waals surface area contributed by atoms with Crippen LogP contribution in [0, 0.1) is 13.8 Å². The Morgan fingerprint density at radius 3 is 1.17 bits per heavy atom. The van der Waals surface area contributed by atoms with Gasteiger partial charge in [0, 0.05) is 43.7 Å². The van der Waals surface area contributed by atoms with E-state index in [1.165, 1.54) is 54.2 Å². The smallest absolute Gasteiger partial charge is 0.159 e. The second-order valence-electron chi connectivity index (χ2n) is 17.8. The van der Waals surface area contributed by atoms with Crippen molar-refractivity contribution in [1.29, 1.82) is 0 Å². The van der Waals surface area contributed by atoms with Gasteiger partial charge in [0.15, 0.2) is 11.2 Å². The molecule has 4 nitrogen and oxygen atoms in total. The van der Waals surface area contributed by atoms with Gasteiger partial charge < -0.3 is 18.6 Å². The van der Waals surface area contributed by atoms with Crippen LogP contribution in [0.1, 0.15) is 11.1 Å². The zero-order valence-electron chi connectivity index (χ0n) is 36.3. The molecule has 0 bridgehead atoms. The predicted octanol–water partition coefficient (Wildman–Crippen LogP) is 18.2. The van der Waals surface area contributed by atoms with Crippen LogP contribution in [-0.2, 0) is 0 Å². The van der Waals surface area contributed by atoms with Crippen LogP contribution >= 0.6 is 0 Å². The Hall–Kier alpha value is -8.60. The summed E-state index contributed by atoms with van der Waals surface area (Å²) in [6, 6.07) is 74.8. The number of anilines is 6. The molecule has 0 aliphatic carbocycles. The van der Waals surface area contributed by atoms with Crippen molar-refractivity contribution in [2.24, 2.45) is 0 Å². The van der Waals surface area contributed by atoms with Gasteiger partial charge in [0.1, 0.15) is 11.2 Å². The minimum absolute atomic E-state index is 0.861. The van der Waals surface area contributed by atoms with Gasteiger partial charge in [-0.1, -0.05) is 146 Å². The fourth-order valence-electron chi connectivity index (χ4n) is 11.0. The van der Waals surface area contributed by atoms with E-state index in [0.717, 1.165) is 88.8 Å². The van der Waals surface area contributed by atoms with Gasteiger partial charge >= 0.3 is 0 Å². The standard InChI is InChI=1S/C62H40N2O2/c1-37-11-7-15-43(35-37)63(53-21-9-19-49-59-45-17-5-3-13-39(45)27-33-55(59)65-61(49)53)51-31-25-41-24-30-48-52(32-26-42-23-29-47(51)57(41)58(42)48)64(44-16-8-12-38(2)36-44)54-22-10-20-50-60-46-18-6-4-14-40(46)28-34-56(60)66-62(50)54/h3-36H,1-2H3. The van der Waals surface area contributed by atoms with Crippen molar-refractivity contribution in [3.63, 3.8) is 0 Å². The van der Waals surface area contributed by atoms with Crippen molar-refractivity contribution in [3.8, 4) is 0 Å². The molecule has 0 amide bonds. The summed E-state index contributed by atoms with van der Waals surface area (Å²) < 4.78 is 13.8. The van der Waals surface area contributed by atoms with Crippen LogP contribution in [0.3, 0.4) is 0 Å². The van der Waals surface area contributed by atoms with E-state index in [9.17, 15) is 0 Å². The van der Waals surface area contributed by atoms with Crippen molar-refractivity contribution in [2.75, 3.05) is 9.80 Å². The van der Waals surface area contributed by atoms with Crippen molar-refractivity contribution < 1.29 is 8.83 Å². The summed E-state index contributed by atoms with van der Waals surface area (Å²) in [6.07, 6.45) is 0. The van der Waals surface area contributed by atoms with Gasteiger partial charge in [-0.3, -0.25) is 0 Å². The molecule has 14 rings (SSSR count). The van der Waals surface area contributed by atoms with Crippen LogP contribution in [0.4, 0.5) is 34.1 Å². The van der Waals surface area contributed by atoms with Crippen LogP contribution in [-0.4, -0.2) is 0 Å². The van der Waals surface area contributed by atoms with Gasteiger partial charge in [-0.05, 0) is 129 Å². The third kappa shape index (κ3) is 5.33. The molecule has 0 saturated carbocycles. The Bertz CT molecular complexity index is 4010. The summed E-state index contributed by atoms with van der Waals surface area (Å²) in [5.41, 5.74) is 12.2. The number of aryl methyl sites for hydroxylation is 2. The van der Waals surface area contributed by atoms with Gasteiger partial charge in [0.05, 0.1) is 22.7 Å². The number of hydrogen-bond donors (Lipinski definition) is 0. The predicted molar refractivity (Wildman–Crippen MR) is 279 cm³/mol. The minimum atomic E-state index is 0.861. The molecule has 66 heavy (non-hydrogen) atoms. The summed E-state index contributed by atoms with van der Waals surface area (Å²) in [5.74, 6) is 0. The minimum Gasteiger partial charge on any atom is -0.454 e. The van der Waals surface area contributed by atoms with Crippen molar-refractivity contribution in [2.45, 2.75) is 13.8 Å². The van der Waals surface area contributed by atoms with E-state index in [4.69, 9.17) is 8.83 Å². The number of fused-ring (bicyclic) bond motifs is 10. The van der Waals surface area contributed by atoms with E-state index in [0.29, 0.717) is 0 Å². The summed E-state index contributed by atoms with van der Waals surface area (Å²) >= 11 is 0. The maximum atomic E-state index is 6.92. The van der Waals surface area contributed by atoms with Crippen LogP contribution in [0.25, 0.3) is 97.7 Å². The number of benzene rings is 12. The summed E-state index contributed by atoms with van der Waals surface area (Å²) in [7, 11) is 0. The molecule has 0 atom stereocenters. The molecule has 0 unspecified atom stereocenters. The highest BCUT2D eigenvalue weighted by Crippen LogP contribution is 2.51. The molecule has 0 spiro atoms. The number of furan rings is 2. The normalized spacial score (nSPS) is 12.1. The first-order valence-corrected chi connectivity index (χ1v) is 22.7. The first-order chi connectivity index (χ1) is 32.6. The number of rotatable bonds is 6. The molecule has 0 N–H and O–H groups in total. The van der Waals surface area contributed by atoms with Crippen molar-refractivity contribution in [3.05, 3.63) is 217 Å². The van der Waals surface area contributed by atoms with Gasteiger partial charge in [0.2, 0.25) is 0 Å². The molecular formula is C62H40N2O2. The fourth-order valence-corrected chi connectivity index (χ4v) is 11.0. The largest absolute Gasteiger partial charge is 0.454 e. The lowest BCUT2D eigenvalue weighted by Gasteiger charge is -2.29. The molecule has 0 aliphatic rings. The highest BCUT2D eigenvalue weighted by atomic mass is 16.3. The van der Waals surface area contributed by atoms with Crippen LogP contribution in [0.5, 0.6) is 0 Å². The molecule has 0 fully saturated rings. The molecule has 0 saturated heterocycles. The third-order valence-corrected chi connectivity index (χ3v) is 13.8. The fraction of sp³-hybridized carbons (Fsp3) is 0.0323. The van der Waals surface area contributed by atoms with Gasteiger partial charge in [-0.15, -0.1) is 0 Å². The highest BCUT2D eigenvalue weighted by molar-refractivity contribution is 6.29. The van der Waals surface area contributed by atoms with Crippen LogP contribution in [0.15, 0.2) is 215 Å². The Kier molecular flexibility index (Phi) is 7.79. The highest BCUT2D eigenvalue weighted by Gasteiger charge is 2.26. The monoisotopic (exact) mass is 844 g/mol. The van der Waals surface area contributed by atoms with E-state index < -0.39 is 0 Å². The Labute approximate surface area is 380 Å². The van der Waals surface area contributed by atoms with E-state index in [1.54, 1.807) is 0 Å². The SMILES string of the molecule is Cc1cccc(N(c2ccc3ccc4c(N(c5cccc(C)c5)c5cccc6c5oc5ccc7ccccc7c56)ccc5ccc2c3c54)c2cccc3c2oc2ccc4ccccc4c23)c1. The second-order valence-corrected chi connectivity index (χ2v) is 17.8. The molecule has 12 aromatic carbocycles. The molecule has 310 valence electrons. The second kappa shape index (κ2) is 13.9. The lowest BCUT2D eigenvalue weighted by atomic mass is 9.91. The van der Waals surface area contributed by atoms with E-state index in [2.05, 4.69) is 230 Å². The molecule has 4 heteroatoms. The zero-order valence-corrected chi connectivity index (χ0v) is 36.3. The van der Waals surface area contributed by atoms with Crippen molar-refractivity contribution in [1.82, 2.24) is 0 Å². The lowest BCUT2D eigenvalue weighted by molar-refractivity contribution is 0.669. The van der Waals surface area contributed by atoms with E-state index in [1.807, 2.05) is 0 Å². The summed E-state index contributed by atoms with van der Waals surface area (Å²) in [5, 5.41) is 16.4. The topological polar surface area (TPSA) is 32.8 Å². The number of nitrogens with zero attached hydrogens (tertiary/aromatic N) is 2. The maximum Gasteiger partial charge on any atom is 0.159 e. The van der Waals surface area contributed by atoms with Crippen LogP contribution in [0.2, 0.25) is 0 Å². The molecule has 0 aliphatic heterocycles. The Morgan fingerprint density at radius 1 is 0.288 bits per heavy atom. The Balaban J connectivity index is 1.03. The first kappa shape index (κ1) is 36.8. The zero-order chi connectivity index (χ0) is 43.6.